The zero-order chi connectivity index (χ0) is 12.6. The van der Waals surface area contributed by atoms with Crippen LogP contribution in [0, 0.1) is 0 Å². The van der Waals surface area contributed by atoms with Crippen molar-refractivity contribution >= 4 is 11.2 Å². The van der Waals surface area contributed by atoms with E-state index >= 15 is 0 Å². The molecule has 1 atom stereocenters. The summed E-state index contributed by atoms with van der Waals surface area (Å²) in [6, 6.07) is 0. The topological polar surface area (TPSA) is 101 Å². The van der Waals surface area contributed by atoms with Crippen molar-refractivity contribution in [3.63, 3.8) is 0 Å². The first-order chi connectivity index (χ1) is 8.04. The molecule has 1 unspecified atom stereocenters. The quantitative estimate of drug-likeness (QED) is 0.729. The molecular weight excluding hydrogens is 224 g/mol. The van der Waals surface area contributed by atoms with E-state index in [2.05, 4.69) is 15.0 Å². The number of nitrogens with zero attached hydrogens (tertiary/aromatic N) is 3. The number of H-pyrrole nitrogens is 1. The fourth-order valence-electron chi connectivity index (χ4n) is 1.45. The minimum absolute atomic E-state index is 0.0529. The SMILES string of the molecule is CCC(O)c1cnc2[nH]c(=O)n(C)c(=O)c2n1. The maximum absolute atomic E-state index is 11.8. The van der Waals surface area contributed by atoms with Crippen LogP contribution in [0.25, 0.3) is 11.2 Å². The highest BCUT2D eigenvalue weighted by Gasteiger charge is 2.12. The highest BCUT2D eigenvalue weighted by Crippen LogP contribution is 2.13. The van der Waals surface area contributed by atoms with E-state index in [1.54, 1.807) is 6.92 Å². The van der Waals surface area contributed by atoms with Gasteiger partial charge in [0.25, 0.3) is 5.56 Å². The van der Waals surface area contributed by atoms with Gasteiger partial charge in [-0.2, -0.15) is 0 Å². The van der Waals surface area contributed by atoms with Gasteiger partial charge in [-0.25, -0.2) is 14.8 Å². The van der Waals surface area contributed by atoms with Crippen molar-refractivity contribution in [2.75, 3.05) is 0 Å². The van der Waals surface area contributed by atoms with E-state index in [1.807, 2.05) is 0 Å². The van der Waals surface area contributed by atoms with Gasteiger partial charge in [-0.05, 0) is 6.42 Å². The molecule has 0 spiro atoms. The molecule has 90 valence electrons. The van der Waals surface area contributed by atoms with E-state index in [1.165, 1.54) is 13.2 Å². The van der Waals surface area contributed by atoms with Gasteiger partial charge in [-0.15, -0.1) is 0 Å². The van der Waals surface area contributed by atoms with Crippen LogP contribution in [0.1, 0.15) is 25.1 Å². The number of rotatable bonds is 2. The van der Waals surface area contributed by atoms with Crippen molar-refractivity contribution in [2.24, 2.45) is 7.05 Å². The highest BCUT2D eigenvalue weighted by atomic mass is 16.3. The summed E-state index contributed by atoms with van der Waals surface area (Å²) in [6.07, 6.45) is 1.07. The Kier molecular flexibility index (Phi) is 2.76. The van der Waals surface area contributed by atoms with Gasteiger partial charge in [0.05, 0.1) is 18.0 Å². The summed E-state index contributed by atoms with van der Waals surface area (Å²) in [5.74, 6) is 0. The third kappa shape index (κ3) is 1.84. The van der Waals surface area contributed by atoms with E-state index in [0.29, 0.717) is 12.1 Å². The third-order valence-electron chi connectivity index (χ3n) is 2.56. The molecule has 0 radical (unpaired) electrons. The van der Waals surface area contributed by atoms with Crippen molar-refractivity contribution in [1.82, 2.24) is 19.5 Å². The Bertz CT molecular complexity index is 673. The number of hydrogen-bond donors (Lipinski definition) is 2. The Morgan fingerprint density at radius 3 is 2.88 bits per heavy atom. The number of aromatic amines is 1. The zero-order valence-electron chi connectivity index (χ0n) is 9.47. The Morgan fingerprint density at radius 1 is 1.53 bits per heavy atom. The summed E-state index contributed by atoms with van der Waals surface area (Å²) in [7, 11) is 1.35. The second kappa shape index (κ2) is 4.10. The fourth-order valence-corrected chi connectivity index (χ4v) is 1.45. The second-order valence-electron chi connectivity index (χ2n) is 3.71. The average Bonchev–Trinajstić information content (AvgIpc) is 2.35. The highest BCUT2D eigenvalue weighted by molar-refractivity contribution is 5.67. The van der Waals surface area contributed by atoms with Gasteiger partial charge in [-0.3, -0.25) is 14.3 Å². The predicted octanol–water partition coefficient (Wildman–Crippen LogP) is -0.540. The van der Waals surface area contributed by atoms with E-state index in [-0.39, 0.29) is 11.2 Å². The molecule has 0 fully saturated rings. The second-order valence-corrected chi connectivity index (χ2v) is 3.71. The molecule has 0 aliphatic heterocycles. The lowest BCUT2D eigenvalue weighted by molar-refractivity contribution is 0.169. The van der Waals surface area contributed by atoms with Gasteiger partial charge in [0.15, 0.2) is 11.2 Å². The molecule has 2 N–H and O–H groups in total. The van der Waals surface area contributed by atoms with Gasteiger partial charge < -0.3 is 5.11 Å². The maximum atomic E-state index is 11.8. The van der Waals surface area contributed by atoms with Gasteiger partial charge in [-0.1, -0.05) is 6.92 Å². The zero-order valence-corrected chi connectivity index (χ0v) is 9.47. The number of aromatic nitrogens is 4. The van der Waals surface area contributed by atoms with Crippen molar-refractivity contribution in [3.8, 4) is 0 Å². The molecule has 0 aromatic carbocycles. The first kappa shape index (κ1) is 11.5. The molecule has 0 saturated heterocycles. The van der Waals surface area contributed by atoms with Crippen molar-refractivity contribution in [1.29, 1.82) is 0 Å². The molecule has 0 aliphatic carbocycles. The minimum atomic E-state index is -0.761. The molecule has 0 aliphatic rings. The van der Waals surface area contributed by atoms with Gasteiger partial charge in [0.1, 0.15) is 0 Å². The Balaban J connectivity index is 2.78. The average molecular weight is 236 g/mol. The van der Waals surface area contributed by atoms with Crippen LogP contribution in [0.3, 0.4) is 0 Å². The molecule has 2 aromatic heterocycles. The normalized spacial score (nSPS) is 12.9. The lowest BCUT2D eigenvalue weighted by Gasteiger charge is -2.07. The number of fused-ring (bicyclic) bond motifs is 1. The fraction of sp³-hybridized carbons (Fsp3) is 0.400. The Hall–Kier alpha value is -2.02. The van der Waals surface area contributed by atoms with Crippen LogP contribution in [0.2, 0.25) is 0 Å². The van der Waals surface area contributed by atoms with Gasteiger partial charge >= 0.3 is 5.69 Å². The number of aliphatic hydroxyl groups excluding tert-OH is 1. The first-order valence-electron chi connectivity index (χ1n) is 5.18. The van der Waals surface area contributed by atoms with Crippen molar-refractivity contribution < 1.29 is 5.11 Å². The summed E-state index contributed by atoms with van der Waals surface area (Å²) >= 11 is 0. The smallest absolute Gasteiger partial charge is 0.329 e. The van der Waals surface area contributed by atoms with Crippen molar-refractivity contribution in [3.05, 3.63) is 32.7 Å². The van der Waals surface area contributed by atoms with Crippen LogP contribution >= 0.6 is 0 Å². The van der Waals surface area contributed by atoms with Crippen LogP contribution in [0.15, 0.2) is 15.8 Å². The van der Waals surface area contributed by atoms with Crippen LogP contribution in [-0.4, -0.2) is 24.6 Å². The molecule has 7 nitrogen and oxygen atoms in total. The summed E-state index contributed by atoms with van der Waals surface area (Å²) in [6.45, 7) is 1.79. The molecule has 7 heteroatoms. The van der Waals surface area contributed by atoms with Gasteiger partial charge in [0, 0.05) is 7.05 Å². The summed E-state index contributed by atoms with van der Waals surface area (Å²) in [5, 5.41) is 9.62. The minimum Gasteiger partial charge on any atom is -0.387 e. The number of aliphatic hydroxyl groups is 1. The molecule has 0 amide bonds. The van der Waals surface area contributed by atoms with Gasteiger partial charge in [0.2, 0.25) is 0 Å². The number of nitrogens with one attached hydrogen (secondary N) is 1. The molecule has 2 aromatic rings. The first-order valence-corrected chi connectivity index (χ1v) is 5.18. The lowest BCUT2D eigenvalue weighted by Crippen LogP contribution is -2.33. The predicted molar refractivity (Wildman–Crippen MR) is 60.7 cm³/mol. The van der Waals surface area contributed by atoms with E-state index < -0.39 is 17.4 Å². The Morgan fingerprint density at radius 2 is 2.24 bits per heavy atom. The molecular formula is C10H12N4O3. The van der Waals surface area contributed by atoms with E-state index in [4.69, 9.17) is 0 Å². The van der Waals surface area contributed by atoms with E-state index in [0.717, 1.165) is 4.57 Å². The maximum Gasteiger partial charge on any atom is 0.329 e. The van der Waals surface area contributed by atoms with Crippen LogP contribution in [-0.2, 0) is 7.05 Å². The molecule has 2 heterocycles. The van der Waals surface area contributed by atoms with Crippen LogP contribution in [0.4, 0.5) is 0 Å². The monoisotopic (exact) mass is 236 g/mol. The van der Waals surface area contributed by atoms with E-state index in [9.17, 15) is 14.7 Å². The number of hydrogen-bond acceptors (Lipinski definition) is 5. The third-order valence-corrected chi connectivity index (χ3v) is 2.56. The summed E-state index contributed by atoms with van der Waals surface area (Å²) in [5.41, 5.74) is -0.562. The van der Waals surface area contributed by atoms with Crippen LogP contribution in [0.5, 0.6) is 0 Å². The largest absolute Gasteiger partial charge is 0.387 e. The Labute approximate surface area is 95.8 Å². The lowest BCUT2D eigenvalue weighted by atomic mass is 10.2. The molecule has 17 heavy (non-hydrogen) atoms. The molecule has 0 bridgehead atoms. The van der Waals surface area contributed by atoms with Crippen molar-refractivity contribution in [2.45, 2.75) is 19.4 Å². The summed E-state index contributed by atoms with van der Waals surface area (Å²) in [4.78, 5) is 33.5. The molecule has 2 rings (SSSR count). The molecule has 0 saturated carbocycles. The standard InChI is InChI=1S/C10H12N4O3/c1-3-6(15)5-4-11-8-7(12-5)9(16)14(2)10(17)13-8/h4,6,15H,3H2,1-2H3,(H,11,13,17). The van der Waals surface area contributed by atoms with Crippen LogP contribution < -0.4 is 11.2 Å². The summed E-state index contributed by atoms with van der Waals surface area (Å²) < 4.78 is 0.916.